The number of benzene rings is 1. The molecule has 0 saturated carbocycles. The lowest BCUT2D eigenvalue weighted by atomic mass is 10.2. The normalized spacial score (nSPS) is 12.3. The van der Waals surface area contributed by atoms with Gasteiger partial charge in [0.2, 0.25) is 0 Å². The van der Waals surface area contributed by atoms with Crippen molar-refractivity contribution in [3.63, 3.8) is 0 Å². The molecule has 0 aliphatic carbocycles. The van der Waals surface area contributed by atoms with Crippen molar-refractivity contribution in [2.45, 2.75) is 19.5 Å². The SMILES string of the molecule is CCNC(=NCc1ccc(OC)cc1OC)NCC(c1ccco1)N(C)C.I. The van der Waals surface area contributed by atoms with Crippen molar-refractivity contribution >= 4 is 29.9 Å². The molecule has 2 rings (SSSR count). The van der Waals surface area contributed by atoms with Gasteiger partial charge in [0, 0.05) is 24.7 Å². The molecule has 1 heterocycles. The lowest BCUT2D eigenvalue weighted by Crippen LogP contribution is -2.41. The minimum atomic E-state index is 0. The van der Waals surface area contributed by atoms with Crippen LogP contribution in [-0.2, 0) is 6.54 Å². The molecule has 1 aromatic carbocycles. The second kappa shape index (κ2) is 12.5. The number of nitrogens with zero attached hydrogens (tertiary/aromatic N) is 2. The monoisotopic (exact) mass is 502 g/mol. The zero-order valence-electron chi connectivity index (χ0n) is 17.2. The van der Waals surface area contributed by atoms with E-state index in [0.29, 0.717) is 13.1 Å². The van der Waals surface area contributed by atoms with Crippen LogP contribution in [0.25, 0.3) is 0 Å². The van der Waals surface area contributed by atoms with E-state index in [1.165, 1.54) is 0 Å². The van der Waals surface area contributed by atoms with Crippen molar-refractivity contribution in [3.8, 4) is 11.5 Å². The maximum absolute atomic E-state index is 5.56. The average molecular weight is 502 g/mol. The number of halogens is 1. The second-order valence-corrected chi connectivity index (χ2v) is 6.25. The molecule has 0 spiro atoms. The first-order valence-corrected chi connectivity index (χ1v) is 9.02. The molecular weight excluding hydrogens is 471 g/mol. The number of hydrogen-bond acceptors (Lipinski definition) is 5. The lowest BCUT2D eigenvalue weighted by Gasteiger charge is -2.23. The molecule has 156 valence electrons. The predicted molar refractivity (Wildman–Crippen MR) is 123 cm³/mol. The van der Waals surface area contributed by atoms with Gasteiger partial charge >= 0.3 is 0 Å². The average Bonchev–Trinajstić information content (AvgIpc) is 3.20. The molecule has 1 aromatic heterocycles. The van der Waals surface area contributed by atoms with E-state index in [1.54, 1.807) is 20.5 Å². The number of likely N-dealkylation sites (N-methyl/N-ethyl adjacent to an activating group) is 1. The number of hydrogen-bond donors (Lipinski definition) is 2. The first kappa shape index (κ1) is 24.1. The Morgan fingerprint density at radius 2 is 1.96 bits per heavy atom. The predicted octanol–water partition coefficient (Wildman–Crippen LogP) is 3.27. The second-order valence-electron chi connectivity index (χ2n) is 6.25. The maximum Gasteiger partial charge on any atom is 0.191 e. The highest BCUT2D eigenvalue weighted by Crippen LogP contribution is 2.25. The number of methoxy groups -OCH3 is 2. The Kier molecular flexibility index (Phi) is 10.8. The van der Waals surface area contributed by atoms with Gasteiger partial charge in [0.05, 0.1) is 33.1 Å². The van der Waals surface area contributed by atoms with Crippen molar-refractivity contribution in [2.75, 3.05) is 41.4 Å². The molecule has 0 radical (unpaired) electrons. The van der Waals surface area contributed by atoms with Crippen LogP contribution in [0.15, 0.2) is 46.0 Å². The molecule has 7 nitrogen and oxygen atoms in total. The van der Waals surface area contributed by atoms with E-state index in [1.807, 2.05) is 51.4 Å². The number of nitrogens with one attached hydrogen (secondary N) is 2. The Bertz CT molecular complexity index is 720. The molecular formula is C20H31IN4O3. The Morgan fingerprint density at radius 3 is 2.54 bits per heavy atom. The first-order valence-electron chi connectivity index (χ1n) is 9.02. The lowest BCUT2D eigenvalue weighted by molar-refractivity contribution is 0.258. The fraction of sp³-hybridized carbons (Fsp3) is 0.450. The molecule has 0 aliphatic heterocycles. The van der Waals surface area contributed by atoms with E-state index < -0.39 is 0 Å². The van der Waals surface area contributed by atoms with Gasteiger partial charge in [-0.25, -0.2) is 4.99 Å². The summed E-state index contributed by atoms with van der Waals surface area (Å²) < 4.78 is 16.3. The first-order chi connectivity index (χ1) is 13.1. The Morgan fingerprint density at radius 1 is 1.18 bits per heavy atom. The van der Waals surface area contributed by atoms with Crippen LogP contribution >= 0.6 is 24.0 Å². The van der Waals surface area contributed by atoms with E-state index in [4.69, 9.17) is 13.9 Å². The van der Waals surface area contributed by atoms with Crippen LogP contribution in [0.1, 0.15) is 24.3 Å². The van der Waals surface area contributed by atoms with Gasteiger partial charge in [-0.15, -0.1) is 24.0 Å². The largest absolute Gasteiger partial charge is 0.497 e. The number of ether oxygens (including phenoxy) is 2. The van der Waals surface area contributed by atoms with Crippen LogP contribution < -0.4 is 20.1 Å². The standard InChI is InChI=1S/C20H30N4O3.HI/c1-6-21-20(23-14-17(24(2)3)18-8-7-11-27-18)22-13-15-9-10-16(25-4)12-19(15)26-5;/h7-12,17H,6,13-14H2,1-5H3,(H2,21,22,23);1H. The van der Waals surface area contributed by atoms with Crippen LogP contribution in [0.3, 0.4) is 0 Å². The van der Waals surface area contributed by atoms with Crippen LogP contribution in [0.4, 0.5) is 0 Å². The van der Waals surface area contributed by atoms with Gasteiger partial charge in [-0.1, -0.05) is 0 Å². The Labute approximate surface area is 184 Å². The Hall–Kier alpha value is -1.94. The quantitative estimate of drug-likeness (QED) is 0.312. The molecule has 0 bridgehead atoms. The third-order valence-electron chi connectivity index (χ3n) is 4.20. The minimum absolute atomic E-state index is 0. The van der Waals surface area contributed by atoms with Crippen molar-refractivity contribution < 1.29 is 13.9 Å². The highest BCUT2D eigenvalue weighted by Gasteiger charge is 2.17. The van der Waals surface area contributed by atoms with Gasteiger partial charge < -0.3 is 24.5 Å². The zero-order valence-corrected chi connectivity index (χ0v) is 19.5. The van der Waals surface area contributed by atoms with E-state index in [9.17, 15) is 0 Å². The van der Waals surface area contributed by atoms with E-state index in [-0.39, 0.29) is 30.0 Å². The molecule has 0 amide bonds. The highest BCUT2D eigenvalue weighted by atomic mass is 127. The topological polar surface area (TPSA) is 71.3 Å². The molecule has 0 aliphatic rings. The number of guanidine groups is 1. The summed E-state index contributed by atoms with van der Waals surface area (Å²) >= 11 is 0. The fourth-order valence-electron chi connectivity index (χ4n) is 2.70. The van der Waals surface area contributed by atoms with Crippen LogP contribution in [0.2, 0.25) is 0 Å². The molecule has 2 N–H and O–H groups in total. The van der Waals surface area contributed by atoms with E-state index in [0.717, 1.165) is 35.3 Å². The summed E-state index contributed by atoms with van der Waals surface area (Å²) in [5, 5.41) is 6.67. The summed E-state index contributed by atoms with van der Waals surface area (Å²) in [5.41, 5.74) is 0.991. The number of furan rings is 1. The van der Waals surface area contributed by atoms with E-state index in [2.05, 4.69) is 20.5 Å². The van der Waals surface area contributed by atoms with Gasteiger partial charge in [-0.2, -0.15) is 0 Å². The fourth-order valence-corrected chi connectivity index (χ4v) is 2.70. The molecule has 1 unspecified atom stereocenters. The number of aliphatic imine (C=N–C) groups is 1. The summed E-state index contributed by atoms with van der Waals surface area (Å²) in [6.45, 7) is 3.99. The smallest absolute Gasteiger partial charge is 0.191 e. The van der Waals surface area contributed by atoms with Crippen LogP contribution in [0.5, 0.6) is 11.5 Å². The summed E-state index contributed by atoms with van der Waals surface area (Å²) in [6.07, 6.45) is 1.70. The van der Waals surface area contributed by atoms with Crippen molar-refractivity contribution in [3.05, 3.63) is 47.9 Å². The molecule has 0 saturated heterocycles. The Balaban J connectivity index is 0.00000392. The van der Waals surface area contributed by atoms with Gasteiger partial charge in [0.15, 0.2) is 5.96 Å². The summed E-state index contributed by atoms with van der Waals surface area (Å²) in [4.78, 5) is 6.80. The third kappa shape index (κ3) is 6.90. The van der Waals surface area contributed by atoms with E-state index >= 15 is 0 Å². The van der Waals surface area contributed by atoms with Crippen LogP contribution in [0, 0.1) is 0 Å². The molecule has 8 heteroatoms. The van der Waals surface area contributed by atoms with Gasteiger partial charge in [-0.3, -0.25) is 4.90 Å². The van der Waals surface area contributed by atoms with Crippen molar-refractivity contribution in [2.24, 2.45) is 4.99 Å². The van der Waals surface area contributed by atoms with Gasteiger partial charge in [0.1, 0.15) is 17.3 Å². The summed E-state index contributed by atoms with van der Waals surface area (Å²) in [6, 6.07) is 9.74. The number of rotatable bonds is 9. The maximum atomic E-state index is 5.56. The molecule has 2 aromatic rings. The highest BCUT2D eigenvalue weighted by molar-refractivity contribution is 14.0. The molecule has 0 fully saturated rings. The van der Waals surface area contributed by atoms with Gasteiger partial charge in [0.25, 0.3) is 0 Å². The van der Waals surface area contributed by atoms with Crippen molar-refractivity contribution in [1.82, 2.24) is 15.5 Å². The minimum Gasteiger partial charge on any atom is -0.497 e. The molecule has 28 heavy (non-hydrogen) atoms. The van der Waals surface area contributed by atoms with Gasteiger partial charge in [-0.05, 0) is 45.3 Å². The van der Waals surface area contributed by atoms with Crippen molar-refractivity contribution in [1.29, 1.82) is 0 Å². The zero-order chi connectivity index (χ0) is 19.6. The third-order valence-corrected chi connectivity index (χ3v) is 4.20. The summed E-state index contributed by atoms with van der Waals surface area (Å²) in [7, 11) is 7.35. The summed E-state index contributed by atoms with van der Waals surface area (Å²) in [5.74, 6) is 3.18. The molecule has 1 atom stereocenters. The van der Waals surface area contributed by atoms with Crippen LogP contribution in [-0.4, -0.2) is 52.3 Å².